The van der Waals surface area contributed by atoms with Crippen LogP contribution in [0.15, 0.2) is 10.9 Å². The third-order valence-electron chi connectivity index (χ3n) is 6.92. The number of fused-ring (bicyclic) bond motifs is 1. The Labute approximate surface area is 185 Å². The van der Waals surface area contributed by atoms with Crippen LogP contribution in [0.2, 0.25) is 0 Å². The zero-order valence-electron chi connectivity index (χ0n) is 19.4. The van der Waals surface area contributed by atoms with E-state index in [1.807, 2.05) is 18.4 Å². The molecule has 172 valence electrons. The van der Waals surface area contributed by atoms with Crippen molar-refractivity contribution in [1.82, 2.24) is 9.88 Å². The largest absolute Gasteiger partial charge is 0.467 e. The summed E-state index contributed by atoms with van der Waals surface area (Å²) in [4.78, 5) is 38.8. The van der Waals surface area contributed by atoms with E-state index in [1.165, 1.54) is 39.2 Å². The minimum atomic E-state index is -0.772. The van der Waals surface area contributed by atoms with Gasteiger partial charge in [-0.15, -0.1) is 0 Å². The summed E-state index contributed by atoms with van der Waals surface area (Å²) in [7, 11) is 1.31. The van der Waals surface area contributed by atoms with Gasteiger partial charge in [0, 0.05) is 12.2 Å². The molecule has 2 aliphatic carbocycles. The Morgan fingerprint density at radius 1 is 1.06 bits per heavy atom. The molecule has 31 heavy (non-hydrogen) atoms. The molecular formula is C25H38N2O4. The minimum Gasteiger partial charge on any atom is -0.467 e. The van der Waals surface area contributed by atoms with Gasteiger partial charge in [-0.3, -0.25) is 9.59 Å². The smallest absolute Gasteiger partial charge is 0.328 e. The quantitative estimate of drug-likeness (QED) is 0.692. The lowest BCUT2D eigenvalue weighted by Gasteiger charge is -2.27. The second-order valence-electron chi connectivity index (χ2n) is 9.58. The standard InChI is InChI=1S/C25H38N2O4/c1-17(2)22(25(30)31-3)26-23(28)20-15-19-13-9-4-5-10-14-21(19)27(24(20)29)16-18-11-7-6-8-12-18/h15,17-18,22H,4-14,16H2,1-3H3,(H,26,28)/t22-/m1/s1. The number of nitrogens with zero attached hydrogens (tertiary/aromatic N) is 1. The predicted octanol–water partition coefficient (Wildman–Crippen LogP) is 4.02. The Balaban J connectivity index is 1.98. The SMILES string of the molecule is COC(=O)[C@H](NC(=O)c1cc2c(n(CC3CCCCC3)c1=O)CCCCCC2)C(C)C. The molecule has 0 aromatic carbocycles. The summed E-state index contributed by atoms with van der Waals surface area (Å²) >= 11 is 0. The van der Waals surface area contributed by atoms with Crippen molar-refractivity contribution < 1.29 is 14.3 Å². The van der Waals surface area contributed by atoms with Crippen LogP contribution in [0.4, 0.5) is 0 Å². The predicted molar refractivity (Wildman–Crippen MR) is 121 cm³/mol. The first-order valence-corrected chi connectivity index (χ1v) is 12.1. The average molecular weight is 431 g/mol. The number of nitrogens with one attached hydrogen (secondary N) is 1. The van der Waals surface area contributed by atoms with Crippen molar-refractivity contribution in [2.45, 2.75) is 97.1 Å². The van der Waals surface area contributed by atoms with E-state index in [4.69, 9.17) is 4.74 Å². The topological polar surface area (TPSA) is 77.4 Å². The highest BCUT2D eigenvalue weighted by atomic mass is 16.5. The lowest BCUT2D eigenvalue weighted by molar-refractivity contribution is -0.144. The number of carbonyl (C=O) groups excluding carboxylic acids is 2. The van der Waals surface area contributed by atoms with Crippen molar-refractivity contribution in [2.24, 2.45) is 11.8 Å². The van der Waals surface area contributed by atoms with E-state index >= 15 is 0 Å². The van der Waals surface area contributed by atoms with Crippen LogP contribution >= 0.6 is 0 Å². The van der Waals surface area contributed by atoms with Crippen LogP contribution in [0.1, 0.15) is 93.3 Å². The Morgan fingerprint density at radius 3 is 2.35 bits per heavy atom. The summed E-state index contributed by atoms with van der Waals surface area (Å²) in [5.41, 5.74) is 2.19. The fraction of sp³-hybridized carbons (Fsp3) is 0.720. The molecule has 1 aromatic rings. The van der Waals surface area contributed by atoms with E-state index in [0.29, 0.717) is 12.5 Å². The summed E-state index contributed by atoms with van der Waals surface area (Å²) in [5.74, 6) is -0.600. The molecule has 0 unspecified atom stereocenters. The normalized spacial score (nSPS) is 18.6. The second kappa shape index (κ2) is 11.0. The van der Waals surface area contributed by atoms with Crippen molar-refractivity contribution in [3.63, 3.8) is 0 Å². The molecular weight excluding hydrogens is 392 g/mol. The Morgan fingerprint density at radius 2 is 1.71 bits per heavy atom. The van der Waals surface area contributed by atoms with Gasteiger partial charge in [-0.25, -0.2) is 4.79 Å². The third kappa shape index (κ3) is 5.78. The molecule has 2 aliphatic rings. The van der Waals surface area contributed by atoms with Crippen LogP contribution < -0.4 is 10.9 Å². The molecule has 0 spiro atoms. The average Bonchev–Trinajstić information content (AvgIpc) is 2.74. The number of aromatic nitrogens is 1. The molecule has 3 rings (SSSR count). The highest BCUT2D eigenvalue weighted by Crippen LogP contribution is 2.27. The molecule has 0 saturated heterocycles. The van der Waals surface area contributed by atoms with Crippen LogP contribution in [0.3, 0.4) is 0 Å². The molecule has 1 amide bonds. The number of hydrogen-bond donors (Lipinski definition) is 1. The number of esters is 1. The van der Waals surface area contributed by atoms with Crippen LogP contribution in [-0.2, 0) is 28.9 Å². The van der Waals surface area contributed by atoms with Gasteiger partial charge in [0.1, 0.15) is 11.6 Å². The summed E-state index contributed by atoms with van der Waals surface area (Å²) in [6, 6.07) is 1.02. The zero-order valence-corrected chi connectivity index (χ0v) is 19.4. The first kappa shape index (κ1) is 23.6. The van der Waals surface area contributed by atoms with Gasteiger partial charge in [-0.05, 0) is 62.0 Å². The number of methoxy groups -OCH3 is 1. The molecule has 1 atom stereocenters. The number of aryl methyl sites for hydroxylation is 1. The van der Waals surface area contributed by atoms with Gasteiger partial charge < -0.3 is 14.6 Å². The first-order chi connectivity index (χ1) is 14.9. The number of rotatable bonds is 6. The van der Waals surface area contributed by atoms with Crippen molar-refractivity contribution in [3.8, 4) is 0 Å². The molecule has 1 fully saturated rings. The number of hydrogen-bond acceptors (Lipinski definition) is 4. The van der Waals surface area contributed by atoms with E-state index in [1.54, 1.807) is 6.07 Å². The Hall–Kier alpha value is -2.11. The van der Waals surface area contributed by atoms with Crippen molar-refractivity contribution in [1.29, 1.82) is 0 Å². The molecule has 1 heterocycles. The van der Waals surface area contributed by atoms with Crippen LogP contribution in [-0.4, -0.2) is 29.6 Å². The number of carbonyl (C=O) groups is 2. The Kier molecular flexibility index (Phi) is 8.33. The molecule has 0 bridgehead atoms. The van der Waals surface area contributed by atoms with Crippen LogP contribution in [0, 0.1) is 11.8 Å². The lowest BCUT2D eigenvalue weighted by atomic mass is 9.88. The van der Waals surface area contributed by atoms with Crippen molar-refractivity contribution in [3.05, 3.63) is 33.2 Å². The van der Waals surface area contributed by atoms with E-state index in [9.17, 15) is 14.4 Å². The monoisotopic (exact) mass is 430 g/mol. The van der Waals surface area contributed by atoms with Gasteiger partial charge in [0.05, 0.1) is 7.11 Å². The lowest BCUT2D eigenvalue weighted by Crippen LogP contribution is -2.47. The van der Waals surface area contributed by atoms with Gasteiger partial charge >= 0.3 is 5.97 Å². The fourth-order valence-corrected chi connectivity index (χ4v) is 5.06. The van der Waals surface area contributed by atoms with E-state index < -0.39 is 17.9 Å². The molecule has 1 N–H and O–H groups in total. The summed E-state index contributed by atoms with van der Waals surface area (Å²) in [6.07, 6.45) is 12.3. The third-order valence-corrected chi connectivity index (χ3v) is 6.92. The molecule has 0 radical (unpaired) electrons. The van der Waals surface area contributed by atoms with Gasteiger partial charge in [-0.1, -0.05) is 46.0 Å². The zero-order chi connectivity index (χ0) is 22.4. The highest BCUT2D eigenvalue weighted by Gasteiger charge is 2.28. The molecule has 1 aromatic heterocycles. The number of amides is 1. The molecule has 0 aliphatic heterocycles. The van der Waals surface area contributed by atoms with Gasteiger partial charge in [0.25, 0.3) is 11.5 Å². The maximum atomic E-state index is 13.5. The number of pyridine rings is 1. The Bertz CT molecular complexity index is 837. The minimum absolute atomic E-state index is 0.134. The van der Waals surface area contributed by atoms with Crippen LogP contribution in [0.25, 0.3) is 0 Å². The molecule has 6 nitrogen and oxygen atoms in total. The van der Waals surface area contributed by atoms with Gasteiger partial charge in [0.2, 0.25) is 0 Å². The summed E-state index contributed by atoms with van der Waals surface area (Å²) in [6.45, 7) is 4.40. The van der Waals surface area contributed by atoms with E-state index in [-0.39, 0.29) is 17.0 Å². The molecule has 1 saturated carbocycles. The van der Waals surface area contributed by atoms with Gasteiger partial charge in [-0.2, -0.15) is 0 Å². The van der Waals surface area contributed by atoms with Crippen molar-refractivity contribution in [2.75, 3.05) is 7.11 Å². The van der Waals surface area contributed by atoms with E-state index in [2.05, 4.69) is 5.32 Å². The van der Waals surface area contributed by atoms with Gasteiger partial charge in [0.15, 0.2) is 0 Å². The number of ether oxygens (including phenoxy) is 1. The maximum Gasteiger partial charge on any atom is 0.328 e. The fourth-order valence-electron chi connectivity index (χ4n) is 5.06. The van der Waals surface area contributed by atoms with E-state index in [0.717, 1.165) is 49.8 Å². The first-order valence-electron chi connectivity index (χ1n) is 12.1. The highest BCUT2D eigenvalue weighted by molar-refractivity contribution is 5.96. The van der Waals surface area contributed by atoms with Crippen molar-refractivity contribution >= 4 is 11.9 Å². The summed E-state index contributed by atoms with van der Waals surface area (Å²) < 4.78 is 6.76. The summed E-state index contributed by atoms with van der Waals surface area (Å²) in [5, 5.41) is 2.76. The maximum absolute atomic E-state index is 13.5. The molecule has 6 heteroatoms. The van der Waals surface area contributed by atoms with Crippen LogP contribution in [0.5, 0.6) is 0 Å². The second-order valence-corrected chi connectivity index (χ2v) is 9.58.